The van der Waals surface area contributed by atoms with Crippen LogP contribution in [0.1, 0.15) is 11.9 Å². The van der Waals surface area contributed by atoms with Gasteiger partial charge in [0.25, 0.3) is 11.5 Å². The number of carbonyl (C=O) groups is 1. The number of aliphatic hydroxyl groups is 1. The van der Waals surface area contributed by atoms with Crippen LogP contribution in [0.15, 0.2) is 35.3 Å². The predicted octanol–water partition coefficient (Wildman–Crippen LogP) is 0.716. The van der Waals surface area contributed by atoms with Crippen LogP contribution in [0.5, 0.6) is 0 Å². The molecule has 3 N–H and O–H groups in total. The van der Waals surface area contributed by atoms with Crippen LogP contribution in [-0.4, -0.2) is 50.4 Å². The first-order valence-electron chi connectivity index (χ1n) is 7.85. The third kappa shape index (κ3) is 2.99. The molecule has 0 bridgehead atoms. The van der Waals surface area contributed by atoms with Crippen LogP contribution < -0.4 is 10.5 Å². The molecule has 1 aliphatic rings. The van der Waals surface area contributed by atoms with Crippen LogP contribution in [0.3, 0.4) is 0 Å². The fourth-order valence-electron chi connectivity index (χ4n) is 2.88. The van der Waals surface area contributed by atoms with Gasteiger partial charge in [0.1, 0.15) is 11.9 Å². The van der Waals surface area contributed by atoms with Crippen molar-refractivity contribution >= 4 is 45.2 Å². The van der Waals surface area contributed by atoms with Gasteiger partial charge in [-0.25, -0.2) is 0 Å². The zero-order valence-corrected chi connectivity index (χ0v) is 15.5. The average Bonchev–Trinajstić information content (AvgIpc) is 3.16. The quantitative estimate of drug-likeness (QED) is 0.488. The molecule has 0 aliphatic carbocycles. The van der Waals surface area contributed by atoms with Crippen molar-refractivity contribution in [2.75, 3.05) is 18.1 Å². The summed E-state index contributed by atoms with van der Waals surface area (Å²) in [6, 6.07) is 6.93. The Labute approximate surface area is 160 Å². The number of halogens is 1. The number of aliphatic hydroxyl groups excluding tert-OH is 1. The number of nitrogens with one attached hydrogen (secondary N) is 2. The van der Waals surface area contributed by atoms with Crippen LogP contribution in [0, 0.1) is 3.57 Å². The lowest BCUT2D eigenvalue weighted by Gasteiger charge is -2.32. The summed E-state index contributed by atoms with van der Waals surface area (Å²) < 4.78 is 6.36. The van der Waals surface area contributed by atoms with Crippen LogP contribution in [0.25, 0.3) is 10.9 Å². The number of amides is 1. The number of hydrogen-bond donors (Lipinski definition) is 3. The Morgan fingerprint density at radius 1 is 1.35 bits per heavy atom. The monoisotopic (exact) mass is 467 g/mol. The van der Waals surface area contributed by atoms with Crippen molar-refractivity contribution < 1.29 is 14.6 Å². The first kappa shape index (κ1) is 17.1. The molecule has 2 aromatic heterocycles. The minimum Gasteiger partial charge on any atom is -0.382 e. The van der Waals surface area contributed by atoms with E-state index in [0.717, 1.165) is 3.57 Å². The van der Waals surface area contributed by atoms with E-state index in [9.17, 15) is 14.7 Å². The number of H-pyrrole nitrogens is 2. The van der Waals surface area contributed by atoms with Crippen LogP contribution in [0.4, 0.5) is 5.82 Å². The van der Waals surface area contributed by atoms with Gasteiger partial charge in [-0.2, -0.15) is 10.1 Å². The van der Waals surface area contributed by atoms with Gasteiger partial charge in [0.05, 0.1) is 24.1 Å². The fourth-order valence-corrected chi connectivity index (χ4v) is 3.38. The van der Waals surface area contributed by atoms with Gasteiger partial charge in [-0.05, 0) is 40.8 Å². The highest BCUT2D eigenvalue weighted by molar-refractivity contribution is 14.1. The standard InChI is InChI=1S/C16H14IN5O4/c17-8-1-2-10-9(7-8)15(24)20-14(19-10)12(23)13-16(25)22(5-6-26-13)11-3-4-18-21-11/h1-4,7,12-13,23H,5-6H2,(H,18,21)(H,19,20,24)/t12?,13-/m1/s1. The van der Waals surface area contributed by atoms with Crippen molar-refractivity contribution in [3.8, 4) is 0 Å². The second kappa shape index (κ2) is 6.78. The van der Waals surface area contributed by atoms with Gasteiger partial charge < -0.3 is 14.8 Å². The SMILES string of the molecule is O=C1[C@@H](C(O)c2nc(=O)c3cc(I)ccc3[nH]2)OCCN1c1cc[nH]n1. The summed E-state index contributed by atoms with van der Waals surface area (Å²) >= 11 is 2.10. The maximum atomic E-state index is 12.7. The van der Waals surface area contributed by atoms with E-state index in [4.69, 9.17) is 4.74 Å². The smallest absolute Gasteiger partial charge is 0.280 e. The van der Waals surface area contributed by atoms with Gasteiger partial charge in [-0.15, -0.1) is 0 Å². The zero-order chi connectivity index (χ0) is 18.3. The van der Waals surface area contributed by atoms with Gasteiger partial charge in [0, 0.05) is 15.8 Å². The predicted molar refractivity (Wildman–Crippen MR) is 101 cm³/mol. The first-order chi connectivity index (χ1) is 12.5. The number of anilines is 1. The van der Waals surface area contributed by atoms with Crippen molar-refractivity contribution in [2.24, 2.45) is 0 Å². The van der Waals surface area contributed by atoms with Crippen molar-refractivity contribution in [2.45, 2.75) is 12.2 Å². The van der Waals surface area contributed by atoms with Crippen LogP contribution >= 0.6 is 22.6 Å². The normalized spacial score (nSPS) is 19.1. The Morgan fingerprint density at radius 3 is 2.96 bits per heavy atom. The Morgan fingerprint density at radius 2 is 2.19 bits per heavy atom. The summed E-state index contributed by atoms with van der Waals surface area (Å²) in [5, 5.41) is 17.7. The molecule has 3 heterocycles. The molecule has 1 aliphatic heterocycles. The molecule has 4 rings (SSSR count). The highest BCUT2D eigenvalue weighted by atomic mass is 127. The zero-order valence-electron chi connectivity index (χ0n) is 13.3. The Kier molecular flexibility index (Phi) is 4.46. The molecule has 0 spiro atoms. The van der Waals surface area contributed by atoms with Gasteiger partial charge in [0.15, 0.2) is 11.9 Å². The fraction of sp³-hybridized carbons (Fsp3) is 0.250. The van der Waals surface area contributed by atoms with Crippen molar-refractivity contribution in [1.82, 2.24) is 20.2 Å². The summed E-state index contributed by atoms with van der Waals surface area (Å²) in [5.74, 6) is -0.00261. The number of hydrogen-bond acceptors (Lipinski definition) is 6. The second-order valence-corrected chi connectivity index (χ2v) is 7.02. The molecule has 0 saturated carbocycles. The highest BCUT2D eigenvalue weighted by Crippen LogP contribution is 2.24. The lowest BCUT2D eigenvalue weighted by Crippen LogP contribution is -2.50. The van der Waals surface area contributed by atoms with Gasteiger partial charge in [-0.3, -0.25) is 19.6 Å². The molecule has 26 heavy (non-hydrogen) atoms. The number of rotatable bonds is 3. The van der Waals surface area contributed by atoms with E-state index < -0.39 is 23.7 Å². The Bertz CT molecular complexity index is 1020. The van der Waals surface area contributed by atoms with Crippen molar-refractivity contribution in [3.05, 3.63) is 50.2 Å². The van der Waals surface area contributed by atoms with E-state index in [2.05, 4.69) is 42.8 Å². The molecule has 2 atom stereocenters. The molecule has 10 heteroatoms. The van der Waals surface area contributed by atoms with E-state index >= 15 is 0 Å². The molecule has 134 valence electrons. The third-order valence-electron chi connectivity index (χ3n) is 4.15. The summed E-state index contributed by atoms with van der Waals surface area (Å²) in [6.07, 6.45) is -0.974. The molecule has 1 aromatic carbocycles. The van der Waals surface area contributed by atoms with Crippen LogP contribution in [-0.2, 0) is 9.53 Å². The van der Waals surface area contributed by atoms with Crippen LogP contribution in [0.2, 0.25) is 0 Å². The highest BCUT2D eigenvalue weighted by Gasteiger charge is 2.38. The summed E-state index contributed by atoms with van der Waals surface area (Å²) in [6.45, 7) is 0.559. The van der Waals surface area contributed by atoms with E-state index in [1.165, 1.54) is 4.90 Å². The number of aromatic nitrogens is 4. The number of ether oxygens (including phenoxy) is 1. The van der Waals surface area contributed by atoms with E-state index in [0.29, 0.717) is 23.3 Å². The number of nitrogens with zero attached hydrogens (tertiary/aromatic N) is 3. The van der Waals surface area contributed by atoms with E-state index in [1.54, 1.807) is 24.4 Å². The molecule has 9 nitrogen and oxygen atoms in total. The summed E-state index contributed by atoms with van der Waals surface area (Å²) in [5.41, 5.74) is 0.0608. The van der Waals surface area contributed by atoms with E-state index in [-0.39, 0.29) is 12.4 Å². The lowest BCUT2D eigenvalue weighted by molar-refractivity contribution is -0.143. The topological polar surface area (TPSA) is 124 Å². The number of morpholine rings is 1. The second-order valence-electron chi connectivity index (χ2n) is 5.78. The minimum atomic E-state index is -1.40. The molecular weight excluding hydrogens is 453 g/mol. The van der Waals surface area contributed by atoms with Crippen molar-refractivity contribution in [3.63, 3.8) is 0 Å². The molecular formula is C16H14IN5O4. The summed E-state index contributed by atoms with van der Waals surface area (Å²) in [7, 11) is 0. The number of benzene rings is 1. The van der Waals surface area contributed by atoms with E-state index in [1.807, 2.05) is 6.07 Å². The Balaban J connectivity index is 1.67. The number of fused-ring (bicyclic) bond motifs is 1. The maximum absolute atomic E-state index is 12.7. The molecule has 1 amide bonds. The lowest BCUT2D eigenvalue weighted by atomic mass is 10.1. The molecule has 1 fully saturated rings. The largest absolute Gasteiger partial charge is 0.382 e. The maximum Gasteiger partial charge on any atom is 0.280 e. The van der Waals surface area contributed by atoms with Gasteiger partial charge in [0.2, 0.25) is 0 Å². The number of carbonyl (C=O) groups excluding carboxylic acids is 1. The average molecular weight is 467 g/mol. The first-order valence-corrected chi connectivity index (χ1v) is 8.93. The molecule has 1 saturated heterocycles. The Hall–Kier alpha value is -2.31. The third-order valence-corrected chi connectivity index (χ3v) is 4.82. The molecule has 1 unspecified atom stereocenters. The van der Waals surface area contributed by atoms with Gasteiger partial charge >= 0.3 is 0 Å². The summed E-state index contributed by atoms with van der Waals surface area (Å²) in [4.78, 5) is 33.2. The minimum absolute atomic E-state index is 0.00839. The molecule has 3 aromatic rings. The van der Waals surface area contributed by atoms with Crippen molar-refractivity contribution in [1.29, 1.82) is 0 Å². The molecule has 0 radical (unpaired) electrons. The van der Waals surface area contributed by atoms with Gasteiger partial charge in [-0.1, -0.05) is 0 Å². The number of aromatic amines is 2.